The summed E-state index contributed by atoms with van der Waals surface area (Å²) in [5.41, 5.74) is 8.91. The zero-order valence-electron chi connectivity index (χ0n) is 7.51. The van der Waals surface area contributed by atoms with E-state index in [0.717, 1.165) is 0 Å². The Morgan fingerprint density at radius 2 is 2.00 bits per heavy atom. The minimum Gasteiger partial charge on any atom is -0.326 e. The number of hydrogen-bond donors (Lipinski definition) is 1. The SMILES string of the molecule is CC1(c2ccccc2CN)CC1. The van der Waals surface area contributed by atoms with Gasteiger partial charge in [-0.2, -0.15) is 0 Å². The molecule has 12 heavy (non-hydrogen) atoms. The fourth-order valence-electron chi connectivity index (χ4n) is 1.74. The molecule has 0 bridgehead atoms. The predicted molar refractivity (Wildman–Crippen MR) is 50.9 cm³/mol. The van der Waals surface area contributed by atoms with Crippen LogP contribution in [0.25, 0.3) is 0 Å². The van der Waals surface area contributed by atoms with Gasteiger partial charge in [-0.3, -0.25) is 0 Å². The van der Waals surface area contributed by atoms with Crippen LogP contribution in [0, 0.1) is 0 Å². The molecule has 0 heterocycles. The van der Waals surface area contributed by atoms with E-state index in [1.807, 2.05) is 0 Å². The minimum atomic E-state index is 0.454. The van der Waals surface area contributed by atoms with Crippen LogP contribution in [0.5, 0.6) is 0 Å². The zero-order chi connectivity index (χ0) is 8.60. The summed E-state index contributed by atoms with van der Waals surface area (Å²) in [6.07, 6.45) is 2.65. The normalized spacial score (nSPS) is 19.2. The van der Waals surface area contributed by atoms with Gasteiger partial charge in [0.2, 0.25) is 0 Å². The van der Waals surface area contributed by atoms with Crippen LogP contribution >= 0.6 is 0 Å². The van der Waals surface area contributed by atoms with Crippen LogP contribution in [-0.2, 0) is 12.0 Å². The van der Waals surface area contributed by atoms with Gasteiger partial charge in [0.25, 0.3) is 0 Å². The highest BCUT2D eigenvalue weighted by Crippen LogP contribution is 2.48. The van der Waals surface area contributed by atoms with Gasteiger partial charge in [0, 0.05) is 6.54 Å². The van der Waals surface area contributed by atoms with Crippen molar-refractivity contribution in [3.05, 3.63) is 35.4 Å². The van der Waals surface area contributed by atoms with E-state index in [0.29, 0.717) is 12.0 Å². The van der Waals surface area contributed by atoms with Crippen molar-refractivity contribution in [2.24, 2.45) is 5.73 Å². The van der Waals surface area contributed by atoms with Crippen molar-refractivity contribution in [3.63, 3.8) is 0 Å². The second kappa shape index (κ2) is 2.60. The van der Waals surface area contributed by atoms with Crippen molar-refractivity contribution in [2.45, 2.75) is 31.7 Å². The quantitative estimate of drug-likeness (QED) is 0.707. The maximum Gasteiger partial charge on any atom is 0.0181 e. The molecule has 0 spiro atoms. The van der Waals surface area contributed by atoms with Gasteiger partial charge in [-0.15, -0.1) is 0 Å². The molecule has 1 saturated carbocycles. The third-order valence-corrected chi connectivity index (χ3v) is 2.89. The van der Waals surface area contributed by atoms with Crippen molar-refractivity contribution >= 4 is 0 Å². The summed E-state index contributed by atoms with van der Waals surface area (Å²) in [5.74, 6) is 0. The van der Waals surface area contributed by atoms with Gasteiger partial charge in [0.05, 0.1) is 0 Å². The van der Waals surface area contributed by atoms with Crippen molar-refractivity contribution in [3.8, 4) is 0 Å². The highest BCUT2D eigenvalue weighted by molar-refractivity contribution is 5.37. The maximum absolute atomic E-state index is 5.68. The van der Waals surface area contributed by atoms with Gasteiger partial charge in [-0.05, 0) is 29.4 Å². The first kappa shape index (κ1) is 7.81. The average Bonchev–Trinajstić information content (AvgIpc) is 2.85. The summed E-state index contributed by atoms with van der Waals surface area (Å²) >= 11 is 0. The van der Waals surface area contributed by atoms with Crippen molar-refractivity contribution in [1.82, 2.24) is 0 Å². The lowest BCUT2D eigenvalue weighted by Gasteiger charge is -2.13. The van der Waals surface area contributed by atoms with E-state index in [9.17, 15) is 0 Å². The molecule has 2 rings (SSSR count). The molecular weight excluding hydrogens is 146 g/mol. The molecule has 1 aliphatic carbocycles. The second-order valence-corrected chi connectivity index (χ2v) is 3.92. The Morgan fingerprint density at radius 1 is 1.33 bits per heavy atom. The highest BCUT2D eigenvalue weighted by atomic mass is 14.5. The number of hydrogen-bond acceptors (Lipinski definition) is 1. The summed E-state index contributed by atoms with van der Waals surface area (Å²) in [4.78, 5) is 0. The fraction of sp³-hybridized carbons (Fsp3) is 0.455. The monoisotopic (exact) mass is 161 g/mol. The predicted octanol–water partition coefficient (Wildman–Crippen LogP) is 2.20. The molecule has 1 nitrogen and oxygen atoms in total. The fourth-order valence-corrected chi connectivity index (χ4v) is 1.74. The molecule has 0 radical (unpaired) electrons. The largest absolute Gasteiger partial charge is 0.326 e. The number of benzene rings is 1. The molecule has 2 N–H and O–H groups in total. The molecule has 1 heteroatoms. The Balaban J connectivity index is 2.42. The number of nitrogens with two attached hydrogens (primary N) is 1. The van der Waals surface area contributed by atoms with Crippen LogP contribution < -0.4 is 5.73 Å². The van der Waals surface area contributed by atoms with Gasteiger partial charge in [0.1, 0.15) is 0 Å². The summed E-state index contributed by atoms with van der Waals surface area (Å²) in [6.45, 7) is 2.99. The second-order valence-electron chi connectivity index (χ2n) is 3.92. The van der Waals surface area contributed by atoms with E-state index in [-0.39, 0.29) is 0 Å². The molecule has 0 amide bonds. The van der Waals surface area contributed by atoms with Crippen molar-refractivity contribution < 1.29 is 0 Å². The molecule has 0 saturated heterocycles. The van der Waals surface area contributed by atoms with Gasteiger partial charge >= 0.3 is 0 Å². The average molecular weight is 161 g/mol. The summed E-state index contributed by atoms with van der Waals surface area (Å²) in [6, 6.07) is 8.53. The maximum atomic E-state index is 5.68. The van der Waals surface area contributed by atoms with Crippen LogP contribution in [0.1, 0.15) is 30.9 Å². The van der Waals surface area contributed by atoms with Crippen LogP contribution in [0.15, 0.2) is 24.3 Å². The molecule has 64 valence electrons. The lowest BCUT2D eigenvalue weighted by molar-refractivity contribution is 0.768. The molecule has 0 atom stereocenters. The molecule has 1 aromatic carbocycles. The standard InChI is InChI=1S/C11H15N/c1-11(6-7-11)10-5-3-2-4-9(10)8-12/h2-5H,6-8,12H2,1H3. The van der Waals surface area contributed by atoms with Gasteiger partial charge in [-0.25, -0.2) is 0 Å². The zero-order valence-corrected chi connectivity index (χ0v) is 7.51. The van der Waals surface area contributed by atoms with E-state index in [1.54, 1.807) is 0 Å². The first-order valence-corrected chi connectivity index (χ1v) is 4.55. The van der Waals surface area contributed by atoms with E-state index >= 15 is 0 Å². The van der Waals surface area contributed by atoms with E-state index in [4.69, 9.17) is 5.73 Å². The van der Waals surface area contributed by atoms with E-state index in [2.05, 4.69) is 31.2 Å². The van der Waals surface area contributed by atoms with Gasteiger partial charge in [0.15, 0.2) is 0 Å². The molecule has 1 aliphatic rings. The number of rotatable bonds is 2. The van der Waals surface area contributed by atoms with E-state index in [1.165, 1.54) is 24.0 Å². The van der Waals surface area contributed by atoms with Crippen molar-refractivity contribution in [1.29, 1.82) is 0 Å². The molecule has 0 aromatic heterocycles. The summed E-state index contributed by atoms with van der Waals surface area (Å²) < 4.78 is 0. The third kappa shape index (κ3) is 1.14. The van der Waals surface area contributed by atoms with Crippen molar-refractivity contribution in [2.75, 3.05) is 0 Å². The van der Waals surface area contributed by atoms with Crippen LogP contribution in [0.4, 0.5) is 0 Å². The first-order valence-electron chi connectivity index (χ1n) is 4.55. The minimum absolute atomic E-state index is 0.454. The lowest BCUT2D eigenvalue weighted by Crippen LogP contribution is -2.08. The van der Waals surface area contributed by atoms with Crippen LogP contribution in [-0.4, -0.2) is 0 Å². The van der Waals surface area contributed by atoms with Crippen LogP contribution in [0.3, 0.4) is 0 Å². The van der Waals surface area contributed by atoms with Gasteiger partial charge < -0.3 is 5.73 Å². The van der Waals surface area contributed by atoms with Crippen LogP contribution in [0.2, 0.25) is 0 Å². The first-order chi connectivity index (χ1) is 5.76. The molecule has 1 aromatic rings. The smallest absolute Gasteiger partial charge is 0.0181 e. The van der Waals surface area contributed by atoms with E-state index < -0.39 is 0 Å². The topological polar surface area (TPSA) is 26.0 Å². The summed E-state index contributed by atoms with van der Waals surface area (Å²) in [7, 11) is 0. The Bertz CT molecular complexity index is 287. The molecule has 0 aliphatic heterocycles. The lowest BCUT2D eigenvalue weighted by atomic mass is 9.93. The Labute approximate surface area is 73.6 Å². The molecule has 1 fully saturated rings. The molecular formula is C11H15N. The molecule has 0 unspecified atom stereocenters. The Morgan fingerprint density at radius 3 is 2.58 bits per heavy atom. The summed E-state index contributed by atoms with van der Waals surface area (Å²) in [5, 5.41) is 0. The Kier molecular flexibility index (Phi) is 1.69. The third-order valence-electron chi connectivity index (χ3n) is 2.89. The van der Waals surface area contributed by atoms with Gasteiger partial charge in [-0.1, -0.05) is 31.2 Å². The Hall–Kier alpha value is -0.820. The highest BCUT2D eigenvalue weighted by Gasteiger charge is 2.39.